The molecular formula is C20H27ClN2O. The molecule has 3 nitrogen and oxygen atoms in total. The van der Waals surface area contributed by atoms with Crippen LogP contribution in [0.4, 0.5) is 5.69 Å². The van der Waals surface area contributed by atoms with Crippen molar-refractivity contribution < 1.29 is 4.74 Å². The number of hydrogen-bond acceptors (Lipinski definition) is 3. The number of anilines is 1. The van der Waals surface area contributed by atoms with Gasteiger partial charge in [-0.05, 0) is 57.9 Å². The molecule has 1 atom stereocenters. The van der Waals surface area contributed by atoms with Gasteiger partial charge in [-0.15, -0.1) is 0 Å². The van der Waals surface area contributed by atoms with Gasteiger partial charge in [0.1, 0.15) is 11.9 Å². The molecule has 0 bridgehead atoms. The molecule has 4 heteroatoms. The van der Waals surface area contributed by atoms with Gasteiger partial charge < -0.3 is 9.64 Å². The highest BCUT2D eigenvalue weighted by atomic mass is 35.5. The highest BCUT2D eigenvalue weighted by Crippen LogP contribution is 2.30. The molecule has 24 heavy (non-hydrogen) atoms. The van der Waals surface area contributed by atoms with Gasteiger partial charge in [0.25, 0.3) is 0 Å². The number of ether oxygens (including phenoxy) is 1. The maximum atomic E-state index is 6.35. The Bertz CT molecular complexity index is 687. The summed E-state index contributed by atoms with van der Waals surface area (Å²) in [6.45, 7) is 12.2. The largest absolute Gasteiger partial charge is 0.488 e. The van der Waals surface area contributed by atoms with E-state index < -0.39 is 0 Å². The van der Waals surface area contributed by atoms with E-state index in [0.29, 0.717) is 0 Å². The smallest absolute Gasteiger partial charge is 0.127 e. The lowest BCUT2D eigenvalue weighted by atomic mass is 10.1. The number of nitrogens with zero attached hydrogens (tertiary/aromatic N) is 2. The lowest BCUT2D eigenvalue weighted by Gasteiger charge is -2.29. The van der Waals surface area contributed by atoms with E-state index in [9.17, 15) is 0 Å². The topological polar surface area (TPSA) is 25.4 Å². The lowest BCUT2D eigenvalue weighted by molar-refractivity contribution is 0.199. The molecule has 0 saturated carbocycles. The van der Waals surface area contributed by atoms with Crippen molar-refractivity contribution in [1.82, 2.24) is 4.98 Å². The first-order valence-electron chi connectivity index (χ1n) is 8.56. The summed E-state index contributed by atoms with van der Waals surface area (Å²) in [6, 6.07) is 8.12. The van der Waals surface area contributed by atoms with Crippen LogP contribution in [0.15, 0.2) is 30.5 Å². The Kier molecular flexibility index (Phi) is 6.50. The van der Waals surface area contributed by atoms with Gasteiger partial charge in [0.15, 0.2) is 0 Å². The van der Waals surface area contributed by atoms with Crippen LogP contribution in [-0.4, -0.2) is 24.2 Å². The van der Waals surface area contributed by atoms with Crippen molar-refractivity contribution in [3.63, 3.8) is 0 Å². The average Bonchev–Trinajstić information content (AvgIpc) is 2.58. The lowest BCUT2D eigenvalue weighted by Crippen LogP contribution is -2.35. The van der Waals surface area contributed by atoms with Gasteiger partial charge in [-0.3, -0.25) is 4.98 Å². The zero-order valence-electron chi connectivity index (χ0n) is 15.3. The minimum atomic E-state index is 0.106. The Labute approximate surface area is 150 Å². The summed E-state index contributed by atoms with van der Waals surface area (Å²) >= 11 is 6.26. The molecule has 0 aliphatic heterocycles. The fourth-order valence-electron chi connectivity index (χ4n) is 2.79. The zero-order chi connectivity index (χ0) is 17.7. The van der Waals surface area contributed by atoms with E-state index in [0.717, 1.165) is 47.1 Å². The van der Waals surface area contributed by atoms with Gasteiger partial charge in [0.2, 0.25) is 0 Å². The van der Waals surface area contributed by atoms with Crippen LogP contribution >= 0.6 is 11.6 Å². The third-order valence-corrected chi connectivity index (χ3v) is 4.74. The van der Waals surface area contributed by atoms with Crippen LogP contribution in [0.5, 0.6) is 5.75 Å². The van der Waals surface area contributed by atoms with Crippen LogP contribution in [0.25, 0.3) is 0 Å². The summed E-state index contributed by atoms with van der Waals surface area (Å²) in [4.78, 5) is 6.62. The van der Waals surface area contributed by atoms with E-state index in [-0.39, 0.29) is 6.10 Å². The first kappa shape index (κ1) is 18.6. The Morgan fingerprint density at radius 2 is 1.92 bits per heavy atom. The molecule has 130 valence electrons. The van der Waals surface area contributed by atoms with E-state index in [4.69, 9.17) is 16.3 Å². The highest BCUT2D eigenvalue weighted by Gasteiger charge is 2.17. The molecule has 1 unspecified atom stereocenters. The van der Waals surface area contributed by atoms with Gasteiger partial charge in [-0.2, -0.15) is 0 Å². The van der Waals surface area contributed by atoms with Crippen LogP contribution in [0.1, 0.15) is 37.1 Å². The van der Waals surface area contributed by atoms with Crippen LogP contribution in [-0.2, 0) is 0 Å². The molecule has 0 amide bonds. The fraction of sp³-hybridized carbons (Fsp3) is 0.450. The van der Waals surface area contributed by atoms with Crippen molar-refractivity contribution in [2.45, 2.75) is 47.1 Å². The first-order chi connectivity index (χ1) is 11.5. The second kappa shape index (κ2) is 8.39. The van der Waals surface area contributed by atoms with Crippen LogP contribution in [0.2, 0.25) is 5.02 Å². The Morgan fingerprint density at radius 3 is 2.54 bits per heavy atom. The molecule has 1 heterocycles. The number of rotatable bonds is 7. The Hall–Kier alpha value is -1.74. The minimum absolute atomic E-state index is 0.106. The summed E-state index contributed by atoms with van der Waals surface area (Å²) in [5.41, 5.74) is 4.35. The predicted octanol–water partition coefficient (Wildman–Crippen LogP) is 5.34. The number of halogens is 1. The monoisotopic (exact) mass is 346 g/mol. The van der Waals surface area contributed by atoms with E-state index >= 15 is 0 Å². The van der Waals surface area contributed by atoms with E-state index in [1.807, 2.05) is 32.2 Å². The molecule has 1 aromatic carbocycles. The van der Waals surface area contributed by atoms with Gasteiger partial charge in [-0.1, -0.05) is 24.6 Å². The second-order valence-corrected chi connectivity index (χ2v) is 6.57. The van der Waals surface area contributed by atoms with E-state index in [1.165, 1.54) is 5.69 Å². The third-order valence-electron chi connectivity index (χ3n) is 4.33. The highest BCUT2D eigenvalue weighted by molar-refractivity contribution is 6.31. The van der Waals surface area contributed by atoms with Crippen LogP contribution in [0.3, 0.4) is 0 Å². The first-order valence-corrected chi connectivity index (χ1v) is 8.94. The van der Waals surface area contributed by atoms with Gasteiger partial charge >= 0.3 is 0 Å². The molecule has 0 saturated heterocycles. The van der Waals surface area contributed by atoms with Crippen molar-refractivity contribution in [1.29, 1.82) is 0 Å². The van der Waals surface area contributed by atoms with Crippen LogP contribution in [0, 0.1) is 20.8 Å². The normalized spacial score (nSPS) is 12.1. The third kappa shape index (κ3) is 4.41. The van der Waals surface area contributed by atoms with Gasteiger partial charge in [0, 0.05) is 34.7 Å². The molecule has 2 rings (SSSR count). The number of hydrogen-bond donors (Lipinski definition) is 0. The molecule has 0 radical (unpaired) electrons. The molecule has 2 aromatic rings. The summed E-state index contributed by atoms with van der Waals surface area (Å²) in [5.74, 6) is 0.913. The number of aryl methyl sites for hydroxylation is 2. The van der Waals surface area contributed by atoms with Gasteiger partial charge in [-0.25, -0.2) is 0 Å². The quantitative estimate of drug-likeness (QED) is 0.676. The van der Waals surface area contributed by atoms with Crippen molar-refractivity contribution in [3.05, 3.63) is 52.3 Å². The summed E-state index contributed by atoms with van der Waals surface area (Å²) in [7, 11) is 0. The van der Waals surface area contributed by atoms with Crippen molar-refractivity contribution in [2.24, 2.45) is 0 Å². The van der Waals surface area contributed by atoms with Crippen LogP contribution < -0.4 is 9.64 Å². The Balaban J connectivity index is 2.18. The SMILES string of the molecule is CCC(CN(CC)c1ccnc(C)c1)Oc1c(C)ccc(Cl)c1C. The molecular weight excluding hydrogens is 320 g/mol. The van der Waals surface area contributed by atoms with Crippen molar-refractivity contribution >= 4 is 17.3 Å². The minimum Gasteiger partial charge on any atom is -0.488 e. The number of aromatic nitrogens is 1. The van der Waals surface area contributed by atoms with Gasteiger partial charge in [0.05, 0.1) is 6.54 Å². The molecule has 1 aromatic heterocycles. The maximum Gasteiger partial charge on any atom is 0.127 e. The summed E-state index contributed by atoms with van der Waals surface area (Å²) in [5, 5.41) is 0.752. The second-order valence-electron chi connectivity index (χ2n) is 6.16. The molecule has 0 N–H and O–H groups in total. The number of benzene rings is 1. The molecule has 0 spiro atoms. The van der Waals surface area contributed by atoms with E-state index in [1.54, 1.807) is 0 Å². The predicted molar refractivity (Wildman–Crippen MR) is 102 cm³/mol. The van der Waals surface area contributed by atoms with E-state index in [2.05, 4.69) is 42.8 Å². The standard InChI is InChI=1S/C20H27ClN2O/c1-6-18(24-20-14(3)8-9-19(21)16(20)5)13-23(7-2)17-10-11-22-15(4)12-17/h8-12,18H,6-7,13H2,1-5H3. The van der Waals surface area contributed by atoms with Crippen molar-refractivity contribution in [3.8, 4) is 5.75 Å². The average molecular weight is 347 g/mol. The number of pyridine rings is 1. The van der Waals surface area contributed by atoms with Crippen molar-refractivity contribution in [2.75, 3.05) is 18.0 Å². The zero-order valence-corrected chi connectivity index (χ0v) is 16.0. The molecule has 0 aliphatic rings. The molecule has 0 fully saturated rings. The molecule has 0 aliphatic carbocycles. The summed E-state index contributed by atoms with van der Waals surface area (Å²) in [6.07, 6.45) is 2.90. The number of likely N-dealkylation sites (N-methyl/N-ethyl adjacent to an activating group) is 1. The fourth-order valence-corrected chi connectivity index (χ4v) is 2.94. The Morgan fingerprint density at radius 1 is 1.17 bits per heavy atom. The maximum absolute atomic E-state index is 6.35. The summed E-state index contributed by atoms with van der Waals surface area (Å²) < 4.78 is 6.35.